The first kappa shape index (κ1) is 16.0. The molecule has 25 heavy (non-hydrogen) atoms. The molecule has 1 atom stereocenters. The first-order chi connectivity index (χ1) is 12.2. The third-order valence-electron chi connectivity index (χ3n) is 5.20. The predicted octanol–water partition coefficient (Wildman–Crippen LogP) is 3.24. The number of hydrogen-bond acceptors (Lipinski definition) is 2. The van der Waals surface area contributed by atoms with Gasteiger partial charge in [-0.15, -0.1) is 0 Å². The van der Waals surface area contributed by atoms with Crippen LogP contribution in [0.1, 0.15) is 36.4 Å². The summed E-state index contributed by atoms with van der Waals surface area (Å²) in [6, 6.07) is 14.5. The number of hydrogen-bond donors (Lipinski definition) is 2. The minimum Gasteiger partial charge on any atom is -0.505 e. The van der Waals surface area contributed by atoms with E-state index in [-0.39, 0.29) is 17.6 Å². The molecular weight excluding hydrogens is 315 g/mol. The molecule has 3 nitrogen and oxygen atoms in total. The zero-order valence-electron chi connectivity index (χ0n) is 14.1. The van der Waals surface area contributed by atoms with Gasteiger partial charge >= 0.3 is 0 Å². The van der Waals surface area contributed by atoms with Crippen LogP contribution in [0.4, 0.5) is 4.39 Å². The molecule has 0 saturated carbocycles. The lowest BCUT2D eigenvalue weighted by atomic mass is 9.93. The predicted molar refractivity (Wildman–Crippen MR) is 96.2 cm³/mol. The molecule has 4 heteroatoms. The van der Waals surface area contributed by atoms with Gasteiger partial charge in [0, 0.05) is 17.1 Å². The summed E-state index contributed by atoms with van der Waals surface area (Å²) in [6.45, 7) is 2.11. The van der Waals surface area contributed by atoms with Gasteiger partial charge in [-0.2, -0.15) is 0 Å². The van der Waals surface area contributed by atoms with Crippen molar-refractivity contribution >= 4 is 10.9 Å². The van der Waals surface area contributed by atoms with E-state index in [0.29, 0.717) is 5.52 Å². The fourth-order valence-corrected chi connectivity index (χ4v) is 3.96. The number of aromatic nitrogens is 1. The van der Waals surface area contributed by atoms with Gasteiger partial charge in [-0.05, 0) is 55.7 Å². The van der Waals surface area contributed by atoms with Crippen molar-refractivity contribution in [2.24, 2.45) is 0 Å². The molecule has 0 bridgehead atoms. The maximum atomic E-state index is 13.4. The van der Waals surface area contributed by atoms with E-state index in [9.17, 15) is 9.50 Å². The molecule has 1 unspecified atom stereocenters. The summed E-state index contributed by atoms with van der Waals surface area (Å²) in [6.07, 6.45) is 5.32. The standard InChI is InChI=1S/C21H21FN2O/c22-17-9-6-16(7-10-17)20(24-13-2-1-3-14-24)18-11-8-15-5-4-12-23-19(15)21(18)25/h4-12,20,25H,1-3,13-14H2/p+1. The van der Waals surface area contributed by atoms with Crippen LogP contribution < -0.4 is 4.90 Å². The zero-order chi connectivity index (χ0) is 17.2. The number of halogens is 1. The minimum atomic E-state index is -0.236. The van der Waals surface area contributed by atoms with Crippen LogP contribution in [-0.2, 0) is 0 Å². The smallest absolute Gasteiger partial charge is 0.151 e. The number of nitrogens with zero attached hydrogens (tertiary/aromatic N) is 1. The molecule has 1 aliphatic heterocycles. The Bertz CT molecular complexity index is 873. The second-order valence-electron chi connectivity index (χ2n) is 6.78. The topological polar surface area (TPSA) is 37.6 Å². The van der Waals surface area contributed by atoms with E-state index in [0.717, 1.165) is 29.6 Å². The fourth-order valence-electron chi connectivity index (χ4n) is 3.96. The number of quaternary nitrogens is 1. The first-order valence-electron chi connectivity index (χ1n) is 8.90. The lowest BCUT2D eigenvalue weighted by Gasteiger charge is -2.32. The van der Waals surface area contributed by atoms with Crippen LogP contribution in [0, 0.1) is 5.82 Å². The van der Waals surface area contributed by atoms with Crippen LogP contribution in [0.2, 0.25) is 0 Å². The Morgan fingerprint density at radius 1 is 0.960 bits per heavy atom. The average molecular weight is 337 g/mol. The number of likely N-dealkylation sites (tertiary alicyclic amines) is 1. The molecule has 2 aromatic carbocycles. The van der Waals surface area contributed by atoms with E-state index in [1.54, 1.807) is 6.20 Å². The van der Waals surface area contributed by atoms with E-state index in [1.165, 1.54) is 36.3 Å². The molecule has 0 amide bonds. The third-order valence-corrected chi connectivity index (χ3v) is 5.20. The largest absolute Gasteiger partial charge is 0.505 e. The first-order valence-corrected chi connectivity index (χ1v) is 8.90. The van der Waals surface area contributed by atoms with Gasteiger partial charge in [0.25, 0.3) is 0 Å². The number of piperidine rings is 1. The average Bonchev–Trinajstić information content (AvgIpc) is 2.66. The van der Waals surface area contributed by atoms with Crippen molar-refractivity contribution in [3.63, 3.8) is 0 Å². The molecule has 1 saturated heterocycles. The summed E-state index contributed by atoms with van der Waals surface area (Å²) >= 11 is 0. The molecule has 1 fully saturated rings. The summed E-state index contributed by atoms with van der Waals surface area (Å²) in [4.78, 5) is 5.78. The third kappa shape index (κ3) is 3.10. The van der Waals surface area contributed by atoms with Gasteiger partial charge in [0.05, 0.1) is 18.7 Å². The van der Waals surface area contributed by atoms with Gasteiger partial charge in [-0.3, -0.25) is 4.98 Å². The Hall–Kier alpha value is -2.46. The van der Waals surface area contributed by atoms with Crippen LogP contribution in [-0.4, -0.2) is 23.2 Å². The normalized spacial score (nSPS) is 16.8. The van der Waals surface area contributed by atoms with Gasteiger partial charge in [0.1, 0.15) is 17.4 Å². The number of fused-ring (bicyclic) bond motifs is 1. The number of benzene rings is 2. The molecule has 0 aliphatic carbocycles. The van der Waals surface area contributed by atoms with E-state index in [2.05, 4.69) is 4.98 Å². The van der Waals surface area contributed by atoms with Crippen molar-refractivity contribution in [3.05, 3.63) is 71.7 Å². The van der Waals surface area contributed by atoms with E-state index >= 15 is 0 Å². The highest BCUT2D eigenvalue weighted by Gasteiger charge is 2.30. The van der Waals surface area contributed by atoms with E-state index in [1.807, 2.05) is 36.4 Å². The molecular formula is C21H22FN2O+. The summed E-state index contributed by atoms with van der Waals surface area (Å²) in [5.74, 6) is 0.00560. The van der Waals surface area contributed by atoms with Gasteiger partial charge in [-0.1, -0.05) is 12.1 Å². The highest BCUT2D eigenvalue weighted by atomic mass is 19.1. The number of phenols is 1. The van der Waals surface area contributed by atoms with Crippen molar-refractivity contribution in [3.8, 4) is 5.75 Å². The van der Waals surface area contributed by atoms with Crippen LogP contribution >= 0.6 is 0 Å². The zero-order valence-corrected chi connectivity index (χ0v) is 14.1. The van der Waals surface area contributed by atoms with Crippen LogP contribution in [0.5, 0.6) is 5.75 Å². The van der Waals surface area contributed by atoms with Crippen LogP contribution in [0.3, 0.4) is 0 Å². The molecule has 1 aromatic heterocycles. The SMILES string of the molecule is Oc1c(C(c2ccc(F)cc2)[NH+]2CCCCC2)ccc2cccnc12. The summed E-state index contributed by atoms with van der Waals surface area (Å²) in [5.41, 5.74) is 2.53. The summed E-state index contributed by atoms with van der Waals surface area (Å²) in [5, 5.41) is 11.8. The van der Waals surface area contributed by atoms with Gasteiger partial charge in [0.15, 0.2) is 5.75 Å². The Labute approximate surface area is 146 Å². The Kier molecular flexibility index (Phi) is 4.36. The van der Waals surface area contributed by atoms with Crippen LogP contribution in [0.15, 0.2) is 54.7 Å². The maximum Gasteiger partial charge on any atom is 0.151 e. The molecule has 1 aliphatic rings. The quantitative estimate of drug-likeness (QED) is 0.770. The summed E-state index contributed by atoms with van der Waals surface area (Å²) < 4.78 is 13.4. The monoisotopic (exact) mass is 337 g/mol. The molecule has 3 aromatic rings. The minimum absolute atomic E-state index is 0.00712. The lowest BCUT2D eigenvalue weighted by Crippen LogP contribution is -3.13. The van der Waals surface area contributed by atoms with Gasteiger partial charge in [-0.25, -0.2) is 4.39 Å². The highest BCUT2D eigenvalue weighted by molar-refractivity contribution is 5.85. The van der Waals surface area contributed by atoms with Crippen molar-refractivity contribution < 1.29 is 14.4 Å². The van der Waals surface area contributed by atoms with Crippen molar-refractivity contribution in [2.75, 3.05) is 13.1 Å². The van der Waals surface area contributed by atoms with Crippen molar-refractivity contribution in [1.29, 1.82) is 0 Å². The molecule has 2 heterocycles. The number of rotatable bonds is 3. The van der Waals surface area contributed by atoms with Crippen LogP contribution in [0.25, 0.3) is 10.9 Å². The molecule has 0 spiro atoms. The number of phenolic OH excluding ortho intramolecular Hbond substituents is 1. The van der Waals surface area contributed by atoms with Gasteiger partial charge < -0.3 is 10.0 Å². The molecule has 4 rings (SSSR count). The second-order valence-corrected chi connectivity index (χ2v) is 6.78. The van der Waals surface area contributed by atoms with E-state index in [4.69, 9.17) is 0 Å². The second kappa shape index (κ2) is 6.81. The lowest BCUT2D eigenvalue weighted by molar-refractivity contribution is -0.930. The Morgan fingerprint density at radius 2 is 1.72 bits per heavy atom. The molecule has 128 valence electrons. The van der Waals surface area contributed by atoms with Crippen molar-refractivity contribution in [1.82, 2.24) is 4.98 Å². The summed E-state index contributed by atoms with van der Waals surface area (Å²) in [7, 11) is 0. The maximum absolute atomic E-state index is 13.4. The van der Waals surface area contributed by atoms with Crippen molar-refractivity contribution in [2.45, 2.75) is 25.3 Å². The Balaban J connectivity index is 1.85. The highest BCUT2D eigenvalue weighted by Crippen LogP contribution is 2.33. The number of aromatic hydroxyl groups is 1. The molecule has 0 radical (unpaired) electrons. The Morgan fingerprint density at radius 3 is 2.48 bits per heavy atom. The number of pyridine rings is 1. The van der Waals surface area contributed by atoms with E-state index < -0.39 is 0 Å². The van der Waals surface area contributed by atoms with Gasteiger partial charge in [0.2, 0.25) is 0 Å². The molecule has 2 N–H and O–H groups in total. The fraction of sp³-hybridized carbons (Fsp3) is 0.286. The number of nitrogens with one attached hydrogen (secondary N) is 1.